The zero-order valence-corrected chi connectivity index (χ0v) is 17.8. The molecule has 0 radical (unpaired) electrons. The molecule has 0 aliphatic heterocycles. The zero-order chi connectivity index (χ0) is 20.1. The molecule has 1 aromatic heterocycles. The fraction of sp³-hybridized carbons (Fsp3) is 0.435. The Morgan fingerprint density at radius 3 is 2.57 bits per heavy atom. The Kier molecular flexibility index (Phi) is 7.11. The van der Waals surface area contributed by atoms with E-state index in [9.17, 15) is 5.11 Å². The number of halogens is 1. The number of benzene rings is 2. The molecule has 0 saturated heterocycles. The largest absolute Gasteiger partial charge is 0.392 e. The highest BCUT2D eigenvalue weighted by Crippen LogP contribution is 2.33. The standard InChI is InChI=1S/C23H30ClN3O/c1-4-27(5-2)12-6-7-16(3)25-23-19-10-9-18(24)14-22(19)26-21-11-8-17(15-28)13-20(21)23/h8-11,13-14,16,28H,4-7,12,15H2,1-3H3,(H,25,26). The van der Waals surface area contributed by atoms with E-state index in [1.54, 1.807) is 0 Å². The van der Waals surface area contributed by atoms with Gasteiger partial charge >= 0.3 is 0 Å². The van der Waals surface area contributed by atoms with Gasteiger partial charge in [0, 0.05) is 21.8 Å². The predicted molar refractivity (Wildman–Crippen MR) is 120 cm³/mol. The van der Waals surface area contributed by atoms with Crippen LogP contribution in [0.3, 0.4) is 0 Å². The minimum absolute atomic E-state index is 0.0213. The number of fused-ring (bicyclic) bond motifs is 2. The van der Waals surface area contributed by atoms with E-state index < -0.39 is 0 Å². The fourth-order valence-corrected chi connectivity index (χ4v) is 3.86. The fourth-order valence-electron chi connectivity index (χ4n) is 3.70. The number of pyridine rings is 1. The molecule has 1 heterocycles. The molecule has 2 N–H and O–H groups in total. The summed E-state index contributed by atoms with van der Waals surface area (Å²) in [7, 11) is 0. The Morgan fingerprint density at radius 2 is 1.86 bits per heavy atom. The molecule has 5 heteroatoms. The maximum absolute atomic E-state index is 9.57. The Morgan fingerprint density at radius 1 is 1.07 bits per heavy atom. The number of aliphatic hydroxyl groups is 1. The number of aromatic nitrogens is 1. The van der Waals surface area contributed by atoms with E-state index in [1.165, 1.54) is 0 Å². The first kappa shape index (κ1) is 20.8. The van der Waals surface area contributed by atoms with E-state index >= 15 is 0 Å². The highest BCUT2D eigenvalue weighted by Gasteiger charge is 2.13. The first-order valence-corrected chi connectivity index (χ1v) is 10.5. The Hall–Kier alpha value is -1.88. The lowest BCUT2D eigenvalue weighted by atomic mass is 10.0. The summed E-state index contributed by atoms with van der Waals surface area (Å²) >= 11 is 6.20. The number of aliphatic hydroxyl groups excluding tert-OH is 1. The molecule has 0 fully saturated rings. The van der Waals surface area contributed by atoms with Crippen molar-refractivity contribution in [2.45, 2.75) is 46.3 Å². The van der Waals surface area contributed by atoms with Gasteiger partial charge in [-0.05, 0) is 75.3 Å². The van der Waals surface area contributed by atoms with Crippen LogP contribution in [0.4, 0.5) is 5.69 Å². The molecule has 0 aliphatic carbocycles. The van der Waals surface area contributed by atoms with Crippen molar-refractivity contribution in [3.05, 3.63) is 47.0 Å². The Bertz CT molecular complexity index is 940. The third-order valence-corrected chi connectivity index (χ3v) is 5.61. The van der Waals surface area contributed by atoms with Gasteiger partial charge in [0.1, 0.15) is 0 Å². The molecule has 2 aromatic carbocycles. The van der Waals surface area contributed by atoms with Gasteiger partial charge in [-0.1, -0.05) is 31.5 Å². The quantitative estimate of drug-likeness (QED) is 0.469. The molecule has 4 nitrogen and oxygen atoms in total. The minimum atomic E-state index is 0.0213. The first-order chi connectivity index (χ1) is 13.5. The van der Waals surface area contributed by atoms with Crippen LogP contribution in [0.5, 0.6) is 0 Å². The second-order valence-electron chi connectivity index (χ2n) is 7.37. The molecule has 1 atom stereocenters. The van der Waals surface area contributed by atoms with Gasteiger partial charge < -0.3 is 15.3 Å². The van der Waals surface area contributed by atoms with E-state index in [2.05, 4.69) is 31.0 Å². The van der Waals surface area contributed by atoms with Crippen LogP contribution in [0, 0.1) is 0 Å². The van der Waals surface area contributed by atoms with Gasteiger partial charge in [0.2, 0.25) is 0 Å². The molecule has 1 unspecified atom stereocenters. The molecule has 28 heavy (non-hydrogen) atoms. The number of hydrogen-bond donors (Lipinski definition) is 2. The average Bonchev–Trinajstić information content (AvgIpc) is 2.70. The number of rotatable bonds is 9. The lowest BCUT2D eigenvalue weighted by Crippen LogP contribution is -2.25. The van der Waals surface area contributed by atoms with E-state index in [0.717, 1.165) is 65.5 Å². The van der Waals surface area contributed by atoms with Crippen molar-refractivity contribution in [3.8, 4) is 0 Å². The molecule has 0 amide bonds. The van der Waals surface area contributed by atoms with Crippen LogP contribution in [0.2, 0.25) is 5.02 Å². The number of nitrogens with one attached hydrogen (secondary N) is 1. The summed E-state index contributed by atoms with van der Waals surface area (Å²) in [5, 5.41) is 16.1. The highest BCUT2D eigenvalue weighted by molar-refractivity contribution is 6.31. The van der Waals surface area contributed by atoms with Crippen LogP contribution in [0.25, 0.3) is 21.8 Å². The van der Waals surface area contributed by atoms with Gasteiger partial charge in [0.15, 0.2) is 0 Å². The van der Waals surface area contributed by atoms with Gasteiger partial charge in [-0.2, -0.15) is 0 Å². The number of nitrogens with zero attached hydrogens (tertiary/aromatic N) is 2. The summed E-state index contributed by atoms with van der Waals surface area (Å²) in [4.78, 5) is 7.23. The zero-order valence-electron chi connectivity index (χ0n) is 17.0. The summed E-state index contributed by atoms with van der Waals surface area (Å²) in [6, 6.07) is 12.1. The van der Waals surface area contributed by atoms with Crippen molar-refractivity contribution in [1.82, 2.24) is 9.88 Å². The Balaban J connectivity index is 1.92. The number of hydrogen-bond acceptors (Lipinski definition) is 4. The lowest BCUT2D eigenvalue weighted by Gasteiger charge is -2.22. The highest BCUT2D eigenvalue weighted by atomic mass is 35.5. The molecule has 0 bridgehead atoms. The summed E-state index contributed by atoms with van der Waals surface area (Å²) in [5.41, 5.74) is 3.75. The maximum Gasteiger partial charge on any atom is 0.0745 e. The van der Waals surface area contributed by atoms with E-state index in [-0.39, 0.29) is 6.61 Å². The van der Waals surface area contributed by atoms with Gasteiger partial charge in [0.05, 0.1) is 23.3 Å². The minimum Gasteiger partial charge on any atom is -0.392 e. The van der Waals surface area contributed by atoms with E-state index in [0.29, 0.717) is 11.1 Å². The van der Waals surface area contributed by atoms with Crippen molar-refractivity contribution < 1.29 is 5.11 Å². The van der Waals surface area contributed by atoms with Crippen LogP contribution in [0.15, 0.2) is 36.4 Å². The van der Waals surface area contributed by atoms with Crippen LogP contribution < -0.4 is 5.32 Å². The van der Waals surface area contributed by atoms with Crippen LogP contribution in [-0.4, -0.2) is 40.7 Å². The van der Waals surface area contributed by atoms with E-state index in [1.807, 2.05) is 36.4 Å². The average molecular weight is 400 g/mol. The van der Waals surface area contributed by atoms with Crippen LogP contribution >= 0.6 is 11.6 Å². The van der Waals surface area contributed by atoms with Gasteiger partial charge in [-0.3, -0.25) is 0 Å². The summed E-state index contributed by atoms with van der Waals surface area (Å²) in [6.45, 7) is 10.0. The number of anilines is 1. The molecule has 0 aliphatic rings. The third-order valence-electron chi connectivity index (χ3n) is 5.38. The summed E-state index contributed by atoms with van der Waals surface area (Å²) in [5.74, 6) is 0. The monoisotopic (exact) mass is 399 g/mol. The topological polar surface area (TPSA) is 48.4 Å². The molecular weight excluding hydrogens is 370 g/mol. The van der Waals surface area contributed by atoms with Crippen molar-refractivity contribution in [2.24, 2.45) is 0 Å². The van der Waals surface area contributed by atoms with Gasteiger partial charge in [-0.15, -0.1) is 0 Å². The molecule has 0 spiro atoms. The van der Waals surface area contributed by atoms with Crippen LogP contribution in [-0.2, 0) is 6.61 Å². The maximum atomic E-state index is 9.57. The van der Waals surface area contributed by atoms with E-state index in [4.69, 9.17) is 16.6 Å². The molecular formula is C23H30ClN3O. The van der Waals surface area contributed by atoms with Crippen molar-refractivity contribution in [2.75, 3.05) is 25.0 Å². The molecule has 3 aromatic rings. The second kappa shape index (κ2) is 9.55. The second-order valence-corrected chi connectivity index (χ2v) is 7.81. The summed E-state index contributed by atoms with van der Waals surface area (Å²) < 4.78 is 0. The van der Waals surface area contributed by atoms with Crippen molar-refractivity contribution >= 4 is 39.1 Å². The first-order valence-electron chi connectivity index (χ1n) is 10.2. The lowest BCUT2D eigenvalue weighted by molar-refractivity contribution is 0.282. The van der Waals surface area contributed by atoms with Gasteiger partial charge in [0.25, 0.3) is 0 Å². The SMILES string of the molecule is CCN(CC)CCCC(C)Nc1c2ccc(Cl)cc2nc2ccc(CO)cc12. The van der Waals surface area contributed by atoms with Crippen molar-refractivity contribution in [3.63, 3.8) is 0 Å². The molecule has 0 saturated carbocycles. The predicted octanol–water partition coefficient (Wildman–Crippen LogP) is 5.46. The van der Waals surface area contributed by atoms with Gasteiger partial charge in [-0.25, -0.2) is 4.98 Å². The smallest absolute Gasteiger partial charge is 0.0745 e. The Labute approximate surface area is 172 Å². The van der Waals surface area contributed by atoms with Crippen molar-refractivity contribution in [1.29, 1.82) is 0 Å². The molecule has 3 rings (SSSR count). The summed E-state index contributed by atoms with van der Waals surface area (Å²) in [6.07, 6.45) is 2.25. The normalized spacial score (nSPS) is 12.8. The molecule has 150 valence electrons. The third kappa shape index (κ3) is 4.75. The van der Waals surface area contributed by atoms with Crippen LogP contribution in [0.1, 0.15) is 39.2 Å².